The van der Waals surface area contributed by atoms with Gasteiger partial charge in [-0.1, -0.05) is 0 Å². The van der Waals surface area contributed by atoms with Crippen molar-refractivity contribution in [2.24, 2.45) is 0 Å². The fraction of sp³-hybridized carbons (Fsp3) is 0.400. The van der Waals surface area contributed by atoms with Crippen LogP contribution in [0.3, 0.4) is 0 Å². The second-order valence-corrected chi connectivity index (χ2v) is 1.94. The number of carbonyl (C=O) groups excluding carboxylic acids is 1. The van der Waals surface area contributed by atoms with Crippen LogP contribution in [0.15, 0.2) is 11.8 Å². The van der Waals surface area contributed by atoms with Crippen LogP contribution in [0.2, 0.25) is 0 Å². The van der Waals surface area contributed by atoms with Gasteiger partial charge in [0.05, 0.1) is 0 Å². The van der Waals surface area contributed by atoms with Crippen LogP contribution in [-0.2, 0) is 0 Å². The molecule has 0 unspecified atom stereocenters. The van der Waals surface area contributed by atoms with E-state index in [-0.39, 0.29) is 0 Å². The van der Waals surface area contributed by atoms with Gasteiger partial charge in [0, 0.05) is 0 Å². The average molecular weight is 210 g/mol. The van der Waals surface area contributed by atoms with Crippen molar-refractivity contribution >= 4 is 5.78 Å². The predicted molar refractivity (Wildman–Crippen MR) is 30.7 cm³/mol. The minimum atomic E-state index is -5.27. The monoisotopic (exact) mass is 210 g/mol. The smallest absolute Gasteiger partial charge is 0.509 e. The topological polar surface area (TPSA) is 44.3 Å². The van der Waals surface area contributed by atoms with Crippen LogP contribution in [-0.4, -0.2) is 28.0 Å². The molecule has 0 saturated heterocycles. The molecule has 0 aromatic heterocycles. The summed E-state index contributed by atoms with van der Waals surface area (Å²) in [4.78, 5) is 8.01. The third-order valence-corrected chi connectivity index (χ3v) is 0.877. The molecule has 0 aromatic rings. The van der Waals surface area contributed by atoms with Gasteiger partial charge in [-0.25, -0.2) is 0 Å². The zero-order chi connectivity index (χ0) is 10.9. The highest BCUT2D eigenvalue weighted by atomic mass is 19.4. The van der Waals surface area contributed by atoms with Crippen LogP contribution in [0, 0.1) is 0 Å². The van der Waals surface area contributed by atoms with Crippen molar-refractivity contribution in [3.8, 4) is 0 Å². The van der Waals surface area contributed by atoms with Crippen molar-refractivity contribution in [2.45, 2.75) is 12.4 Å². The van der Waals surface area contributed by atoms with E-state index in [1.54, 1.807) is 0 Å². The molecule has 0 aliphatic carbocycles. The molecule has 76 valence electrons. The van der Waals surface area contributed by atoms with E-state index in [1.807, 2.05) is 0 Å². The summed E-state index contributed by atoms with van der Waals surface area (Å²) in [5, 5.41) is 6.09. The Balaban J connectivity index is 4.70. The Labute approximate surface area is 67.5 Å². The van der Waals surface area contributed by atoms with Gasteiger partial charge in [0.1, 0.15) is 6.08 Å². The first kappa shape index (κ1) is 11.8. The van der Waals surface area contributed by atoms with Gasteiger partial charge in [-0.15, -0.1) is 0 Å². The normalized spacial score (nSPS) is 14.5. The molecule has 3 N–H and O–H groups in total. The standard InChI is InChI=1S/C5H2F6O2/c6-4(7,8)2(12)1-3(13)5(9,10)11/h1,12H/p+2/b2-1-. The van der Waals surface area contributed by atoms with Gasteiger partial charge in [0.25, 0.3) is 0 Å². The van der Waals surface area contributed by atoms with E-state index >= 15 is 0 Å². The molecule has 8 heteroatoms. The van der Waals surface area contributed by atoms with Gasteiger partial charge in [0.15, 0.2) is 0 Å². The maximum atomic E-state index is 11.5. The Bertz CT molecular complexity index is 234. The van der Waals surface area contributed by atoms with Gasteiger partial charge >= 0.3 is 23.9 Å². The molecular formula is C5H4F6O2+2. The summed E-state index contributed by atoms with van der Waals surface area (Å²) in [6.07, 6.45) is -11.2. The van der Waals surface area contributed by atoms with Crippen molar-refractivity contribution in [3.63, 3.8) is 0 Å². The number of hydrogen-bond donors (Lipinski definition) is 0. The number of rotatable bonds is 1. The van der Waals surface area contributed by atoms with E-state index < -0.39 is 30.0 Å². The molecule has 0 amide bonds. The number of halogens is 6. The minimum absolute atomic E-state index is 0.694. The first-order valence-electron chi connectivity index (χ1n) is 2.68. The summed E-state index contributed by atoms with van der Waals surface area (Å²) < 4.78 is 68.6. The fourth-order valence-corrected chi connectivity index (χ4v) is 0.300. The Morgan fingerprint density at radius 3 is 1.62 bits per heavy atom. The molecule has 0 aliphatic rings. The van der Waals surface area contributed by atoms with Crippen LogP contribution >= 0.6 is 0 Å². The largest absolute Gasteiger partial charge is 0.590 e. The van der Waals surface area contributed by atoms with Crippen molar-refractivity contribution in [1.82, 2.24) is 0 Å². The first-order chi connectivity index (χ1) is 5.55. The molecule has 0 radical (unpaired) electrons. The number of allylic oxidation sites excluding steroid dienone is 2. The Hall–Kier alpha value is -1.21. The molecule has 0 rings (SSSR count). The SMILES string of the molecule is [OH+]=C(/C=C(\[OH2+])C(F)(F)F)C(F)(F)F. The van der Waals surface area contributed by atoms with Gasteiger partial charge in [-0.2, -0.15) is 26.3 Å². The molecule has 0 heterocycles. The molecule has 0 aromatic carbocycles. The van der Waals surface area contributed by atoms with E-state index in [0.29, 0.717) is 0 Å². The Kier molecular flexibility index (Phi) is 2.96. The third kappa shape index (κ3) is 3.81. The molecule has 0 spiro atoms. The predicted octanol–water partition coefficient (Wildman–Crippen LogP) is 1.26. The lowest BCUT2D eigenvalue weighted by Gasteiger charge is -1.99. The molecule has 0 aliphatic heterocycles. The fourth-order valence-electron chi connectivity index (χ4n) is 0.300. The highest BCUT2D eigenvalue weighted by Crippen LogP contribution is 2.25. The average Bonchev–Trinajstić information content (AvgIpc) is 1.82. The van der Waals surface area contributed by atoms with Crippen molar-refractivity contribution in [3.05, 3.63) is 11.8 Å². The molecule has 0 fully saturated rings. The van der Waals surface area contributed by atoms with Gasteiger partial charge < -0.3 is 5.11 Å². The lowest BCUT2D eigenvalue weighted by atomic mass is 10.3. The van der Waals surface area contributed by atoms with Gasteiger partial charge in [-0.3, -0.25) is 4.79 Å². The highest BCUT2D eigenvalue weighted by Gasteiger charge is 2.48. The van der Waals surface area contributed by atoms with Crippen molar-refractivity contribution in [1.29, 1.82) is 0 Å². The number of hydrogen-bond acceptors (Lipinski definition) is 0. The quantitative estimate of drug-likeness (QED) is 0.271. The van der Waals surface area contributed by atoms with E-state index in [2.05, 4.69) is 0 Å². The van der Waals surface area contributed by atoms with Crippen LogP contribution in [0.25, 0.3) is 0 Å². The molecule has 0 saturated carbocycles. The Morgan fingerprint density at radius 1 is 1.00 bits per heavy atom. The summed E-state index contributed by atoms with van der Waals surface area (Å²) in [5.41, 5.74) is 0. The molecule has 0 atom stereocenters. The molecule has 2 nitrogen and oxygen atoms in total. The second-order valence-electron chi connectivity index (χ2n) is 1.94. The van der Waals surface area contributed by atoms with Crippen LogP contribution in [0.4, 0.5) is 26.3 Å². The maximum Gasteiger partial charge on any atom is 0.509 e. The van der Waals surface area contributed by atoms with Gasteiger partial charge in [0.2, 0.25) is 0 Å². The Morgan fingerprint density at radius 2 is 1.38 bits per heavy atom. The van der Waals surface area contributed by atoms with Crippen molar-refractivity contribution in [2.75, 3.05) is 0 Å². The lowest BCUT2D eigenvalue weighted by molar-refractivity contribution is -0.120. The molecular weight excluding hydrogens is 206 g/mol. The first-order valence-corrected chi connectivity index (χ1v) is 2.68. The van der Waals surface area contributed by atoms with E-state index in [9.17, 15) is 26.3 Å². The van der Waals surface area contributed by atoms with Crippen LogP contribution in [0.5, 0.6) is 0 Å². The van der Waals surface area contributed by atoms with Gasteiger partial charge in [-0.05, 0) is 0 Å². The second kappa shape index (κ2) is 3.27. The minimum Gasteiger partial charge on any atom is -0.590 e. The van der Waals surface area contributed by atoms with Crippen molar-refractivity contribution < 1.29 is 36.2 Å². The molecule has 0 bridgehead atoms. The third-order valence-electron chi connectivity index (χ3n) is 0.877. The zero-order valence-corrected chi connectivity index (χ0v) is 5.79. The summed E-state index contributed by atoms with van der Waals surface area (Å²) >= 11 is 0. The zero-order valence-electron chi connectivity index (χ0n) is 5.79. The van der Waals surface area contributed by atoms with E-state index in [4.69, 9.17) is 9.90 Å². The number of ketones is 1. The van der Waals surface area contributed by atoms with E-state index in [0.717, 1.165) is 0 Å². The summed E-state index contributed by atoms with van der Waals surface area (Å²) in [6, 6.07) is 0. The molecule has 13 heavy (non-hydrogen) atoms. The highest BCUT2D eigenvalue weighted by molar-refractivity contribution is 5.95. The van der Waals surface area contributed by atoms with Crippen LogP contribution < -0.4 is 0 Å². The number of alkyl halides is 6. The summed E-state index contributed by atoms with van der Waals surface area (Å²) in [7, 11) is 0. The lowest BCUT2D eigenvalue weighted by Crippen LogP contribution is -2.23. The maximum absolute atomic E-state index is 11.5. The summed E-state index contributed by atoms with van der Waals surface area (Å²) in [5.74, 6) is -4.71. The summed E-state index contributed by atoms with van der Waals surface area (Å²) in [6.45, 7) is 0. The van der Waals surface area contributed by atoms with E-state index in [1.165, 1.54) is 0 Å². The van der Waals surface area contributed by atoms with Crippen LogP contribution in [0.1, 0.15) is 0 Å².